The summed E-state index contributed by atoms with van der Waals surface area (Å²) in [6.07, 6.45) is 3.16. The van der Waals surface area contributed by atoms with Crippen molar-refractivity contribution in [3.05, 3.63) is 52.7 Å². The highest BCUT2D eigenvalue weighted by Crippen LogP contribution is 2.33. The van der Waals surface area contributed by atoms with E-state index >= 15 is 0 Å². The fourth-order valence-electron chi connectivity index (χ4n) is 4.05. The van der Waals surface area contributed by atoms with E-state index in [2.05, 4.69) is 39.5 Å². The second kappa shape index (κ2) is 10.1. The van der Waals surface area contributed by atoms with Crippen molar-refractivity contribution in [2.45, 2.75) is 38.6 Å². The smallest absolute Gasteiger partial charge is 0.211 e. The van der Waals surface area contributed by atoms with Gasteiger partial charge in [-0.05, 0) is 50.1 Å². The number of nitrogens with zero attached hydrogens (tertiary/aromatic N) is 4. The average Bonchev–Trinajstić information content (AvgIpc) is 3.27. The van der Waals surface area contributed by atoms with Crippen molar-refractivity contribution in [3.8, 4) is 11.5 Å². The molecule has 4 rings (SSSR count). The number of nitrogens with one attached hydrogen (secondary N) is 1. The third-order valence-electron chi connectivity index (χ3n) is 5.61. The first-order chi connectivity index (χ1) is 15.2. The number of aryl methyl sites for hydroxylation is 1. The van der Waals surface area contributed by atoms with Gasteiger partial charge in [0.2, 0.25) is 5.13 Å². The van der Waals surface area contributed by atoms with Crippen LogP contribution in [0.15, 0.2) is 36.4 Å². The van der Waals surface area contributed by atoms with Gasteiger partial charge in [0.05, 0.1) is 19.8 Å². The van der Waals surface area contributed by atoms with Crippen LogP contribution in [0.25, 0.3) is 0 Å². The highest BCUT2D eigenvalue weighted by molar-refractivity contribution is 7.15. The number of aromatic nitrogens is 3. The molecule has 3 heterocycles. The summed E-state index contributed by atoms with van der Waals surface area (Å²) in [5, 5.41) is 13.5. The van der Waals surface area contributed by atoms with E-state index in [0.717, 1.165) is 77.6 Å². The number of likely N-dealkylation sites (tertiary alicyclic amines) is 1. The Hall–Kier alpha value is -2.71. The van der Waals surface area contributed by atoms with Gasteiger partial charge in [0, 0.05) is 24.7 Å². The summed E-state index contributed by atoms with van der Waals surface area (Å²) in [5.74, 6) is 2.94. The molecule has 1 fully saturated rings. The molecule has 0 spiro atoms. The van der Waals surface area contributed by atoms with Crippen LogP contribution in [0.5, 0.6) is 11.5 Å². The van der Waals surface area contributed by atoms with Crippen LogP contribution in [0.2, 0.25) is 0 Å². The molecule has 8 heteroatoms. The maximum Gasteiger partial charge on any atom is 0.211 e. The molecular formula is C23H29N5O2S. The lowest BCUT2D eigenvalue weighted by molar-refractivity contribution is 0.194. The summed E-state index contributed by atoms with van der Waals surface area (Å²) in [5.41, 5.74) is 2.21. The Balaban J connectivity index is 1.47. The fraction of sp³-hybridized carbons (Fsp3) is 0.435. The lowest BCUT2D eigenvalue weighted by Crippen LogP contribution is -2.34. The molecule has 0 radical (unpaired) electrons. The third-order valence-corrected chi connectivity index (χ3v) is 6.59. The van der Waals surface area contributed by atoms with E-state index in [9.17, 15) is 0 Å². The SMILES string of the molecule is CCc1nnc(Nc2cccc([C@@H]3CCCN(Cc4c(OC)cccc4OC)C3)n2)s1. The number of anilines is 2. The molecule has 7 nitrogen and oxygen atoms in total. The minimum atomic E-state index is 0.386. The van der Waals surface area contributed by atoms with Crippen molar-refractivity contribution < 1.29 is 9.47 Å². The molecule has 0 unspecified atom stereocenters. The molecule has 0 bridgehead atoms. The van der Waals surface area contributed by atoms with Gasteiger partial charge in [-0.2, -0.15) is 0 Å². The van der Waals surface area contributed by atoms with Crippen molar-refractivity contribution in [1.29, 1.82) is 0 Å². The molecule has 1 atom stereocenters. The van der Waals surface area contributed by atoms with Crippen molar-refractivity contribution in [2.24, 2.45) is 0 Å². The van der Waals surface area contributed by atoms with E-state index in [1.54, 1.807) is 25.6 Å². The highest BCUT2D eigenvalue weighted by Gasteiger charge is 2.24. The summed E-state index contributed by atoms with van der Waals surface area (Å²) in [6.45, 7) is 4.89. The van der Waals surface area contributed by atoms with Crippen molar-refractivity contribution in [2.75, 3.05) is 32.6 Å². The molecule has 0 aliphatic carbocycles. The van der Waals surface area contributed by atoms with Crippen LogP contribution in [0, 0.1) is 0 Å². The Morgan fingerprint density at radius 2 is 1.87 bits per heavy atom. The van der Waals surface area contributed by atoms with Crippen LogP contribution < -0.4 is 14.8 Å². The normalized spacial score (nSPS) is 16.8. The van der Waals surface area contributed by atoms with Crippen LogP contribution >= 0.6 is 11.3 Å². The highest BCUT2D eigenvalue weighted by atomic mass is 32.1. The zero-order valence-corrected chi connectivity index (χ0v) is 19.1. The van der Waals surface area contributed by atoms with Gasteiger partial charge in [0.1, 0.15) is 22.3 Å². The molecule has 1 aliphatic heterocycles. The summed E-state index contributed by atoms with van der Waals surface area (Å²) >= 11 is 1.57. The first-order valence-corrected chi connectivity index (χ1v) is 11.5. The lowest BCUT2D eigenvalue weighted by atomic mass is 9.93. The van der Waals surface area contributed by atoms with Gasteiger partial charge in [-0.25, -0.2) is 4.98 Å². The summed E-state index contributed by atoms with van der Waals surface area (Å²) in [6, 6.07) is 12.1. The number of pyridine rings is 1. The second-order valence-corrected chi connectivity index (χ2v) is 8.70. The number of methoxy groups -OCH3 is 2. The number of benzene rings is 1. The molecule has 31 heavy (non-hydrogen) atoms. The topological polar surface area (TPSA) is 72.4 Å². The first kappa shape index (κ1) is 21.5. The maximum atomic E-state index is 5.59. The van der Waals surface area contributed by atoms with Crippen molar-refractivity contribution in [1.82, 2.24) is 20.1 Å². The Kier molecular flexibility index (Phi) is 6.99. The second-order valence-electron chi connectivity index (χ2n) is 7.64. The zero-order chi connectivity index (χ0) is 21.6. The largest absolute Gasteiger partial charge is 0.496 e. The molecule has 1 aromatic carbocycles. The molecule has 0 saturated carbocycles. The molecule has 3 aromatic rings. The zero-order valence-electron chi connectivity index (χ0n) is 18.3. The van der Waals surface area contributed by atoms with Crippen molar-refractivity contribution in [3.63, 3.8) is 0 Å². The van der Waals surface area contributed by atoms with Crippen LogP contribution in [0.4, 0.5) is 10.9 Å². The number of hydrogen-bond acceptors (Lipinski definition) is 8. The number of ether oxygens (including phenoxy) is 2. The molecular weight excluding hydrogens is 410 g/mol. The quantitative estimate of drug-likeness (QED) is 0.548. The molecule has 1 N–H and O–H groups in total. The molecule has 2 aromatic heterocycles. The number of piperidine rings is 1. The Morgan fingerprint density at radius 3 is 2.58 bits per heavy atom. The molecule has 1 saturated heterocycles. The van der Waals surface area contributed by atoms with E-state index in [-0.39, 0.29) is 0 Å². The van der Waals surface area contributed by atoms with Crippen LogP contribution in [-0.2, 0) is 13.0 Å². The first-order valence-electron chi connectivity index (χ1n) is 10.7. The van der Waals surface area contributed by atoms with E-state index in [4.69, 9.17) is 14.5 Å². The summed E-state index contributed by atoms with van der Waals surface area (Å²) in [7, 11) is 3.42. The van der Waals surface area contributed by atoms with E-state index in [1.807, 2.05) is 24.3 Å². The minimum absolute atomic E-state index is 0.386. The van der Waals surface area contributed by atoms with Gasteiger partial charge in [-0.15, -0.1) is 10.2 Å². The van der Waals surface area contributed by atoms with Crippen LogP contribution in [0.1, 0.15) is 41.9 Å². The Labute approximate surface area is 187 Å². The average molecular weight is 440 g/mol. The maximum absolute atomic E-state index is 5.59. The number of rotatable bonds is 8. The van der Waals surface area contributed by atoms with E-state index < -0.39 is 0 Å². The monoisotopic (exact) mass is 439 g/mol. The minimum Gasteiger partial charge on any atom is -0.496 e. The van der Waals surface area contributed by atoms with E-state index in [0.29, 0.717) is 5.92 Å². The van der Waals surface area contributed by atoms with Gasteiger partial charge in [-0.1, -0.05) is 30.4 Å². The molecule has 164 valence electrons. The van der Waals surface area contributed by atoms with Gasteiger partial charge in [0.25, 0.3) is 0 Å². The fourth-order valence-corrected chi connectivity index (χ4v) is 4.74. The Morgan fingerprint density at radius 1 is 1.10 bits per heavy atom. The molecule has 1 aliphatic rings. The van der Waals surface area contributed by atoms with Crippen molar-refractivity contribution >= 4 is 22.3 Å². The van der Waals surface area contributed by atoms with Crippen LogP contribution in [0.3, 0.4) is 0 Å². The number of hydrogen-bond donors (Lipinski definition) is 1. The predicted molar refractivity (Wildman–Crippen MR) is 124 cm³/mol. The standard InChI is InChI=1S/C23H29N5O2S/c1-4-22-26-27-23(31-22)25-21-12-5-9-18(24-21)16-8-7-13-28(14-16)15-17-19(29-2)10-6-11-20(17)30-3/h5-6,9-12,16H,4,7-8,13-15H2,1-3H3,(H,24,25,27)/t16-/m1/s1. The Bertz CT molecular complexity index is 987. The molecule has 0 amide bonds. The lowest BCUT2D eigenvalue weighted by Gasteiger charge is -2.33. The van der Waals surface area contributed by atoms with Gasteiger partial charge in [-0.3, -0.25) is 4.90 Å². The summed E-state index contributed by atoms with van der Waals surface area (Å²) in [4.78, 5) is 7.35. The van der Waals surface area contributed by atoms with Gasteiger partial charge >= 0.3 is 0 Å². The van der Waals surface area contributed by atoms with Gasteiger partial charge < -0.3 is 14.8 Å². The van der Waals surface area contributed by atoms with Crippen LogP contribution in [-0.4, -0.2) is 47.4 Å². The predicted octanol–water partition coefficient (Wildman–Crippen LogP) is 4.64. The summed E-state index contributed by atoms with van der Waals surface area (Å²) < 4.78 is 11.2. The third kappa shape index (κ3) is 5.14. The van der Waals surface area contributed by atoms with Gasteiger partial charge in [0.15, 0.2) is 0 Å². The van der Waals surface area contributed by atoms with E-state index in [1.165, 1.54) is 0 Å².